The molecule has 3 heteroatoms. The first-order chi connectivity index (χ1) is 6.74. The Kier molecular flexibility index (Phi) is 3.69. The first-order valence-electron chi connectivity index (χ1n) is 4.41. The number of rotatable bonds is 3. The lowest BCUT2D eigenvalue weighted by atomic mass is 10.1. The van der Waals surface area contributed by atoms with E-state index in [4.69, 9.17) is 6.57 Å². The molecule has 0 fully saturated rings. The molecule has 72 valence electrons. The van der Waals surface area contributed by atoms with Gasteiger partial charge in [0.15, 0.2) is 0 Å². The highest BCUT2D eigenvalue weighted by atomic mass is 16.1. The topological polar surface area (TPSA) is 33.5 Å². The number of carbonyl (C=O) groups is 1. The number of carbonyl (C=O) groups excluding carboxylic acids is 1. The summed E-state index contributed by atoms with van der Waals surface area (Å²) >= 11 is 0. The van der Waals surface area contributed by atoms with Crippen molar-refractivity contribution >= 4 is 5.91 Å². The lowest BCUT2D eigenvalue weighted by molar-refractivity contribution is -0.119. The maximum absolute atomic E-state index is 11.1. The van der Waals surface area contributed by atoms with Crippen LogP contribution in [0.15, 0.2) is 30.3 Å². The van der Waals surface area contributed by atoms with Crippen molar-refractivity contribution in [3.05, 3.63) is 47.3 Å². The Morgan fingerprint density at radius 2 is 2.14 bits per heavy atom. The van der Waals surface area contributed by atoms with Gasteiger partial charge >= 0.3 is 5.91 Å². The molecule has 0 aliphatic rings. The average Bonchev–Trinajstić information content (AvgIpc) is 2.19. The Hall–Kier alpha value is -1.82. The van der Waals surface area contributed by atoms with Crippen molar-refractivity contribution in [2.75, 3.05) is 6.54 Å². The zero-order chi connectivity index (χ0) is 10.4. The van der Waals surface area contributed by atoms with Crippen LogP contribution in [0.25, 0.3) is 4.85 Å². The molecular weight excluding hydrogens is 176 g/mol. The Labute approximate surface area is 83.6 Å². The molecule has 1 atom stereocenters. The first kappa shape index (κ1) is 10.3. The SMILES string of the molecule is [C-]#[N+]CC(=O)N[C@@H](C)c1ccccc1. The summed E-state index contributed by atoms with van der Waals surface area (Å²) in [5, 5.41) is 2.74. The van der Waals surface area contributed by atoms with Crippen LogP contribution in [0.2, 0.25) is 0 Å². The molecule has 0 saturated carbocycles. The quantitative estimate of drug-likeness (QED) is 0.721. The summed E-state index contributed by atoms with van der Waals surface area (Å²) in [5.74, 6) is -0.226. The van der Waals surface area contributed by atoms with Crippen LogP contribution in [0.4, 0.5) is 0 Å². The number of hydrogen-bond acceptors (Lipinski definition) is 1. The van der Waals surface area contributed by atoms with Crippen molar-refractivity contribution in [1.82, 2.24) is 5.32 Å². The second-order valence-electron chi connectivity index (χ2n) is 3.02. The Bertz CT molecular complexity index is 340. The average molecular weight is 188 g/mol. The van der Waals surface area contributed by atoms with Crippen molar-refractivity contribution in [1.29, 1.82) is 0 Å². The summed E-state index contributed by atoms with van der Waals surface area (Å²) in [6, 6.07) is 9.63. The zero-order valence-electron chi connectivity index (χ0n) is 8.03. The molecule has 0 unspecified atom stereocenters. The van der Waals surface area contributed by atoms with Crippen LogP contribution in [0.5, 0.6) is 0 Å². The maximum atomic E-state index is 11.1. The molecular formula is C11H12N2O. The van der Waals surface area contributed by atoms with Crippen molar-refractivity contribution in [2.24, 2.45) is 0 Å². The van der Waals surface area contributed by atoms with Gasteiger partial charge in [-0.05, 0) is 12.5 Å². The molecule has 0 aliphatic heterocycles. The molecule has 0 spiro atoms. The molecule has 0 saturated heterocycles. The van der Waals surface area contributed by atoms with E-state index in [1.807, 2.05) is 37.3 Å². The molecule has 3 nitrogen and oxygen atoms in total. The fourth-order valence-electron chi connectivity index (χ4n) is 1.18. The lowest BCUT2D eigenvalue weighted by Crippen LogP contribution is -2.28. The van der Waals surface area contributed by atoms with E-state index in [1.54, 1.807) is 0 Å². The highest BCUT2D eigenvalue weighted by Crippen LogP contribution is 2.10. The van der Waals surface area contributed by atoms with Crippen LogP contribution < -0.4 is 5.32 Å². The van der Waals surface area contributed by atoms with E-state index in [2.05, 4.69) is 10.2 Å². The molecule has 1 aromatic rings. The highest BCUT2D eigenvalue weighted by molar-refractivity contribution is 5.79. The van der Waals surface area contributed by atoms with Gasteiger partial charge in [0.05, 0.1) is 6.04 Å². The summed E-state index contributed by atoms with van der Waals surface area (Å²) in [7, 11) is 0. The van der Waals surface area contributed by atoms with Gasteiger partial charge < -0.3 is 10.2 Å². The van der Waals surface area contributed by atoms with E-state index in [1.165, 1.54) is 0 Å². The maximum Gasteiger partial charge on any atom is 0.300 e. The van der Waals surface area contributed by atoms with Crippen LogP contribution in [-0.4, -0.2) is 12.5 Å². The predicted octanol–water partition coefficient (Wildman–Crippen LogP) is 1.78. The smallest absolute Gasteiger partial charge is 0.300 e. The monoisotopic (exact) mass is 188 g/mol. The molecule has 1 aromatic carbocycles. The van der Waals surface area contributed by atoms with E-state index in [0.29, 0.717) is 0 Å². The van der Waals surface area contributed by atoms with Crippen molar-refractivity contribution in [3.8, 4) is 0 Å². The number of amides is 1. The first-order valence-corrected chi connectivity index (χ1v) is 4.41. The van der Waals surface area contributed by atoms with Gasteiger partial charge in [0.2, 0.25) is 0 Å². The standard InChI is InChI=1S/C11H12N2O/c1-9(13-11(14)8-12-2)10-6-4-3-5-7-10/h3-7,9H,8H2,1H3,(H,13,14)/t9-/m0/s1. The molecule has 1 amide bonds. The zero-order valence-corrected chi connectivity index (χ0v) is 8.03. The third-order valence-corrected chi connectivity index (χ3v) is 1.90. The van der Waals surface area contributed by atoms with Gasteiger partial charge in [-0.2, -0.15) is 0 Å². The number of hydrogen-bond donors (Lipinski definition) is 1. The summed E-state index contributed by atoms with van der Waals surface area (Å²) in [5.41, 5.74) is 1.05. The third kappa shape index (κ3) is 2.91. The van der Waals surface area contributed by atoms with E-state index in [0.717, 1.165) is 5.56 Å². The van der Waals surface area contributed by atoms with Crippen LogP contribution in [0, 0.1) is 6.57 Å². The van der Waals surface area contributed by atoms with Crippen LogP contribution in [-0.2, 0) is 4.79 Å². The van der Waals surface area contributed by atoms with Gasteiger partial charge in [-0.3, -0.25) is 4.79 Å². The Morgan fingerprint density at radius 1 is 1.50 bits per heavy atom. The lowest BCUT2D eigenvalue weighted by Gasteiger charge is -2.11. The Balaban J connectivity index is 2.56. The van der Waals surface area contributed by atoms with Gasteiger partial charge in [-0.25, -0.2) is 6.57 Å². The van der Waals surface area contributed by atoms with Crippen LogP contribution >= 0.6 is 0 Å². The fourth-order valence-corrected chi connectivity index (χ4v) is 1.18. The Morgan fingerprint density at radius 3 is 2.71 bits per heavy atom. The molecule has 0 bridgehead atoms. The van der Waals surface area contributed by atoms with Crippen molar-refractivity contribution in [3.63, 3.8) is 0 Å². The van der Waals surface area contributed by atoms with Gasteiger partial charge in [0.1, 0.15) is 0 Å². The van der Waals surface area contributed by atoms with Crippen molar-refractivity contribution < 1.29 is 4.79 Å². The van der Waals surface area contributed by atoms with E-state index < -0.39 is 0 Å². The summed E-state index contributed by atoms with van der Waals surface area (Å²) in [4.78, 5) is 14.1. The van der Waals surface area contributed by atoms with Crippen molar-refractivity contribution in [2.45, 2.75) is 13.0 Å². The fraction of sp³-hybridized carbons (Fsp3) is 0.273. The summed E-state index contributed by atoms with van der Waals surface area (Å²) in [6.45, 7) is 8.35. The van der Waals surface area contributed by atoms with E-state index in [-0.39, 0.29) is 18.5 Å². The van der Waals surface area contributed by atoms with Gasteiger partial charge in [-0.15, -0.1) is 0 Å². The summed E-state index contributed by atoms with van der Waals surface area (Å²) in [6.07, 6.45) is 0. The minimum Gasteiger partial charge on any atom is -0.343 e. The number of benzene rings is 1. The summed E-state index contributed by atoms with van der Waals surface area (Å²) < 4.78 is 0. The van der Waals surface area contributed by atoms with Gasteiger partial charge in [-0.1, -0.05) is 30.3 Å². The number of nitrogens with one attached hydrogen (secondary N) is 1. The van der Waals surface area contributed by atoms with Crippen LogP contribution in [0.1, 0.15) is 18.5 Å². The highest BCUT2D eigenvalue weighted by Gasteiger charge is 2.09. The van der Waals surface area contributed by atoms with Crippen LogP contribution in [0.3, 0.4) is 0 Å². The molecule has 14 heavy (non-hydrogen) atoms. The van der Waals surface area contributed by atoms with Gasteiger partial charge in [0, 0.05) is 0 Å². The van der Waals surface area contributed by atoms with E-state index in [9.17, 15) is 4.79 Å². The largest absolute Gasteiger partial charge is 0.343 e. The van der Waals surface area contributed by atoms with Gasteiger partial charge in [0.25, 0.3) is 6.54 Å². The normalized spacial score (nSPS) is 11.4. The molecule has 1 rings (SSSR count). The predicted molar refractivity (Wildman–Crippen MR) is 54.5 cm³/mol. The molecule has 0 aromatic heterocycles. The van der Waals surface area contributed by atoms with E-state index >= 15 is 0 Å². The second kappa shape index (κ2) is 5.03. The molecule has 0 radical (unpaired) electrons. The minimum atomic E-state index is -0.226. The molecule has 0 heterocycles. The second-order valence-corrected chi connectivity index (χ2v) is 3.02. The third-order valence-electron chi connectivity index (χ3n) is 1.90. The minimum absolute atomic E-state index is 0.0366. The number of nitrogens with zero attached hydrogens (tertiary/aromatic N) is 1. The molecule has 0 aliphatic carbocycles. The molecule has 1 N–H and O–H groups in total.